The third-order valence-corrected chi connectivity index (χ3v) is 5.86. The lowest BCUT2D eigenvalue weighted by Gasteiger charge is -2.38. The van der Waals surface area contributed by atoms with Crippen molar-refractivity contribution in [2.24, 2.45) is 10.9 Å². The zero-order valence-corrected chi connectivity index (χ0v) is 16.4. The number of fused-ring (bicyclic) bond motifs is 1. The highest BCUT2D eigenvalue weighted by Gasteiger charge is 2.36. The molecule has 29 heavy (non-hydrogen) atoms. The van der Waals surface area contributed by atoms with Gasteiger partial charge in [-0.05, 0) is 36.6 Å². The standard InChI is InChI=1S/C23H24N2O4/c1-28-17-8-6-16(7-9-17)23(10-12-29-13-11-23)15-24-22(27)19-14-21(26)25-20-5-3-2-4-18(19)20/h2-9,14,18H,10-13,15H2,1H3,(H,24,27). The summed E-state index contributed by atoms with van der Waals surface area (Å²) < 4.78 is 10.8. The quantitative estimate of drug-likeness (QED) is 0.835. The van der Waals surface area contributed by atoms with Gasteiger partial charge in [0.05, 0.1) is 18.7 Å². The van der Waals surface area contributed by atoms with Crippen molar-refractivity contribution in [1.29, 1.82) is 0 Å². The molecule has 3 aliphatic rings. The highest BCUT2D eigenvalue weighted by atomic mass is 16.5. The van der Waals surface area contributed by atoms with Gasteiger partial charge in [0.15, 0.2) is 0 Å². The van der Waals surface area contributed by atoms with Crippen molar-refractivity contribution in [3.8, 4) is 5.75 Å². The van der Waals surface area contributed by atoms with E-state index < -0.39 is 5.91 Å². The van der Waals surface area contributed by atoms with Gasteiger partial charge in [0.2, 0.25) is 5.91 Å². The Morgan fingerprint density at radius 3 is 2.72 bits per heavy atom. The Morgan fingerprint density at radius 2 is 2.00 bits per heavy atom. The van der Waals surface area contributed by atoms with Crippen molar-refractivity contribution in [2.45, 2.75) is 18.3 Å². The molecule has 150 valence electrons. The van der Waals surface area contributed by atoms with Gasteiger partial charge in [0, 0.05) is 36.8 Å². The lowest BCUT2D eigenvalue weighted by Crippen LogP contribution is -2.45. The average Bonchev–Trinajstić information content (AvgIpc) is 2.77. The Kier molecular flexibility index (Phi) is 5.45. The van der Waals surface area contributed by atoms with Crippen molar-refractivity contribution >= 4 is 17.5 Å². The van der Waals surface area contributed by atoms with E-state index in [4.69, 9.17) is 9.47 Å². The van der Waals surface area contributed by atoms with E-state index in [9.17, 15) is 9.59 Å². The minimum atomic E-state index is -0.391. The topological polar surface area (TPSA) is 77.0 Å². The number of ether oxygens (including phenoxy) is 2. The summed E-state index contributed by atoms with van der Waals surface area (Å²) in [7, 11) is 1.64. The average molecular weight is 392 g/mol. The fourth-order valence-corrected chi connectivity index (χ4v) is 4.12. The number of carbonyl (C=O) groups excluding carboxylic acids is 2. The first-order valence-electron chi connectivity index (χ1n) is 9.81. The number of carbonyl (C=O) groups is 2. The number of dihydropyridines is 1. The Labute approximate surface area is 170 Å². The van der Waals surface area contributed by atoms with Crippen LogP contribution in [-0.2, 0) is 19.7 Å². The van der Waals surface area contributed by atoms with Crippen molar-refractivity contribution in [1.82, 2.24) is 5.32 Å². The smallest absolute Gasteiger partial charge is 0.270 e. The Balaban J connectivity index is 1.53. The van der Waals surface area contributed by atoms with Crippen LogP contribution in [0.15, 0.2) is 65.2 Å². The predicted molar refractivity (Wildman–Crippen MR) is 110 cm³/mol. The van der Waals surface area contributed by atoms with Gasteiger partial charge in [0.25, 0.3) is 5.91 Å². The van der Waals surface area contributed by atoms with Gasteiger partial charge in [-0.1, -0.05) is 30.4 Å². The fourth-order valence-electron chi connectivity index (χ4n) is 4.12. The minimum Gasteiger partial charge on any atom is -0.497 e. The normalized spacial score (nSPS) is 22.4. The molecule has 2 amide bonds. The number of nitrogens with zero attached hydrogens (tertiary/aromatic N) is 1. The molecule has 4 rings (SSSR count). The molecule has 0 aromatic heterocycles. The first-order chi connectivity index (χ1) is 14.1. The summed E-state index contributed by atoms with van der Waals surface area (Å²) in [4.78, 5) is 29.0. The number of hydrogen-bond acceptors (Lipinski definition) is 4. The zero-order chi connectivity index (χ0) is 20.3. The first kappa shape index (κ1) is 19.3. The molecule has 1 saturated heterocycles. The summed E-state index contributed by atoms with van der Waals surface area (Å²) in [6.07, 6.45) is 10.3. The van der Waals surface area contributed by atoms with Crippen LogP contribution in [0, 0.1) is 5.92 Å². The van der Waals surface area contributed by atoms with E-state index in [2.05, 4.69) is 22.4 Å². The second-order valence-corrected chi connectivity index (χ2v) is 7.50. The molecule has 1 aliphatic carbocycles. The molecule has 6 nitrogen and oxygen atoms in total. The molecule has 1 atom stereocenters. The maximum Gasteiger partial charge on any atom is 0.270 e. The van der Waals surface area contributed by atoms with Crippen LogP contribution in [0.3, 0.4) is 0 Å². The molecule has 2 aliphatic heterocycles. The van der Waals surface area contributed by atoms with Crippen LogP contribution in [-0.4, -0.2) is 44.4 Å². The van der Waals surface area contributed by atoms with Crippen molar-refractivity contribution in [2.75, 3.05) is 26.9 Å². The van der Waals surface area contributed by atoms with E-state index in [0.29, 0.717) is 31.0 Å². The van der Waals surface area contributed by atoms with E-state index in [1.165, 1.54) is 6.08 Å². The largest absolute Gasteiger partial charge is 0.497 e. The second kappa shape index (κ2) is 8.17. The molecule has 0 saturated carbocycles. The van der Waals surface area contributed by atoms with Gasteiger partial charge in [0.1, 0.15) is 5.75 Å². The van der Waals surface area contributed by atoms with E-state index in [1.54, 1.807) is 13.2 Å². The summed E-state index contributed by atoms with van der Waals surface area (Å²) in [5.74, 6) is -0.0912. The maximum absolute atomic E-state index is 13.0. The summed E-state index contributed by atoms with van der Waals surface area (Å²) in [6.45, 7) is 1.78. The van der Waals surface area contributed by atoms with Crippen LogP contribution in [0.25, 0.3) is 0 Å². The second-order valence-electron chi connectivity index (χ2n) is 7.50. The number of rotatable bonds is 5. The van der Waals surface area contributed by atoms with Gasteiger partial charge in [-0.15, -0.1) is 0 Å². The van der Waals surface area contributed by atoms with Gasteiger partial charge in [-0.25, -0.2) is 4.99 Å². The van der Waals surface area contributed by atoms with E-state index >= 15 is 0 Å². The molecule has 2 heterocycles. The molecular formula is C23H24N2O4. The predicted octanol–water partition coefficient (Wildman–Crippen LogP) is 2.51. The maximum atomic E-state index is 13.0. The molecule has 6 heteroatoms. The minimum absolute atomic E-state index is 0.210. The lowest BCUT2D eigenvalue weighted by atomic mass is 9.74. The van der Waals surface area contributed by atoms with Crippen LogP contribution in [0.4, 0.5) is 0 Å². The van der Waals surface area contributed by atoms with E-state index in [1.807, 2.05) is 30.4 Å². The molecule has 1 aromatic rings. The zero-order valence-electron chi connectivity index (χ0n) is 16.4. The summed E-state index contributed by atoms with van der Waals surface area (Å²) in [5.41, 5.74) is 2.00. The lowest BCUT2D eigenvalue weighted by molar-refractivity contribution is -0.119. The number of aliphatic imine (C=N–C) groups is 1. The number of hydrogen-bond donors (Lipinski definition) is 1. The summed E-state index contributed by atoms with van der Waals surface area (Å²) in [6, 6.07) is 8.00. The number of amides is 2. The number of allylic oxidation sites excluding steroid dienone is 4. The Morgan fingerprint density at radius 1 is 1.24 bits per heavy atom. The Bertz CT molecular complexity index is 919. The molecule has 0 radical (unpaired) electrons. The van der Waals surface area contributed by atoms with E-state index in [-0.39, 0.29) is 17.2 Å². The molecule has 1 fully saturated rings. The highest BCUT2D eigenvalue weighted by Crippen LogP contribution is 2.35. The molecule has 1 aromatic carbocycles. The third-order valence-electron chi connectivity index (χ3n) is 5.86. The van der Waals surface area contributed by atoms with Gasteiger partial charge in [-0.3, -0.25) is 9.59 Å². The van der Waals surface area contributed by atoms with Crippen LogP contribution in [0.5, 0.6) is 5.75 Å². The van der Waals surface area contributed by atoms with E-state index in [0.717, 1.165) is 24.2 Å². The van der Waals surface area contributed by atoms with Crippen LogP contribution >= 0.6 is 0 Å². The molecular weight excluding hydrogens is 368 g/mol. The van der Waals surface area contributed by atoms with Crippen molar-refractivity contribution < 1.29 is 19.1 Å². The van der Waals surface area contributed by atoms with Gasteiger partial charge in [-0.2, -0.15) is 0 Å². The molecule has 0 bridgehead atoms. The molecule has 0 spiro atoms. The van der Waals surface area contributed by atoms with Crippen molar-refractivity contribution in [3.63, 3.8) is 0 Å². The SMILES string of the molecule is COc1ccc(C2(CNC(=O)C3=CC(=O)N=C4C=CC=CC34)CCOCC2)cc1. The number of benzene rings is 1. The number of nitrogens with one attached hydrogen (secondary N) is 1. The summed E-state index contributed by atoms with van der Waals surface area (Å²) in [5, 5.41) is 3.08. The number of methoxy groups -OCH3 is 1. The molecule has 1 N–H and O–H groups in total. The molecule has 1 unspecified atom stereocenters. The van der Waals surface area contributed by atoms with Gasteiger partial charge >= 0.3 is 0 Å². The fraction of sp³-hybridized carbons (Fsp3) is 0.348. The van der Waals surface area contributed by atoms with Gasteiger partial charge < -0.3 is 14.8 Å². The summed E-state index contributed by atoms with van der Waals surface area (Å²) >= 11 is 0. The monoisotopic (exact) mass is 392 g/mol. The highest BCUT2D eigenvalue weighted by molar-refractivity contribution is 6.18. The van der Waals surface area contributed by atoms with Crippen molar-refractivity contribution in [3.05, 3.63) is 65.8 Å². The van der Waals surface area contributed by atoms with Crippen LogP contribution in [0.1, 0.15) is 18.4 Å². The van der Waals surface area contributed by atoms with Crippen LogP contribution < -0.4 is 10.1 Å². The third kappa shape index (κ3) is 3.93. The first-order valence-corrected chi connectivity index (χ1v) is 9.81. The Hall–Kier alpha value is -2.99. The van der Waals surface area contributed by atoms with Crippen LogP contribution in [0.2, 0.25) is 0 Å².